The Balaban J connectivity index is 1.76. The average molecular weight is 315 g/mol. The van der Waals surface area contributed by atoms with Gasteiger partial charge in [-0.15, -0.1) is 0 Å². The molecule has 0 aliphatic carbocycles. The molecule has 0 bridgehead atoms. The van der Waals surface area contributed by atoms with Crippen molar-refractivity contribution in [1.82, 2.24) is 13.9 Å². The smallest absolute Gasteiger partial charge is 0.282 e. The molecule has 3 heterocycles. The summed E-state index contributed by atoms with van der Waals surface area (Å²) >= 11 is 0. The van der Waals surface area contributed by atoms with E-state index in [1.807, 2.05) is 4.31 Å². The summed E-state index contributed by atoms with van der Waals surface area (Å²) < 4.78 is 29.8. The zero-order valence-corrected chi connectivity index (χ0v) is 13.9. The lowest BCUT2D eigenvalue weighted by atomic mass is 9.91. The molecule has 0 aromatic heterocycles. The molecular formula is C15H29N3O2S. The molecule has 122 valence electrons. The van der Waals surface area contributed by atoms with E-state index in [2.05, 4.69) is 12.2 Å². The van der Waals surface area contributed by atoms with E-state index in [9.17, 15) is 8.42 Å². The lowest BCUT2D eigenvalue weighted by molar-refractivity contribution is 0.205. The van der Waals surface area contributed by atoms with Crippen LogP contribution in [0, 0.1) is 5.92 Å². The van der Waals surface area contributed by atoms with Crippen LogP contribution in [0.3, 0.4) is 0 Å². The van der Waals surface area contributed by atoms with Crippen LogP contribution in [0.25, 0.3) is 0 Å². The fraction of sp³-hybridized carbons (Fsp3) is 1.00. The zero-order valence-electron chi connectivity index (χ0n) is 13.1. The van der Waals surface area contributed by atoms with Gasteiger partial charge in [-0.05, 0) is 64.5 Å². The molecule has 3 saturated heterocycles. The van der Waals surface area contributed by atoms with Crippen molar-refractivity contribution in [3.63, 3.8) is 0 Å². The van der Waals surface area contributed by atoms with Gasteiger partial charge in [-0.1, -0.05) is 6.42 Å². The van der Waals surface area contributed by atoms with E-state index in [4.69, 9.17) is 0 Å². The van der Waals surface area contributed by atoms with Crippen molar-refractivity contribution >= 4 is 10.2 Å². The van der Waals surface area contributed by atoms with Gasteiger partial charge in [-0.2, -0.15) is 17.0 Å². The van der Waals surface area contributed by atoms with Crippen LogP contribution in [0.15, 0.2) is 0 Å². The highest BCUT2D eigenvalue weighted by molar-refractivity contribution is 7.86. The Morgan fingerprint density at radius 3 is 2.48 bits per heavy atom. The Bertz CT molecular complexity index is 448. The van der Waals surface area contributed by atoms with E-state index in [0.29, 0.717) is 19.0 Å². The third kappa shape index (κ3) is 3.14. The number of nitrogens with one attached hydrogen (secondary N) is 1. The highest BCUT2D eigenvalue weighted by atomic mass is 32.2. The molecule has 3 aliphatic rings. The van der Waals surface area contributed by atoms with Crippen molar-refractivity contribution in [2.45, 2.75) is 64.0 Å². The van der Waals surface area contributed by atoms with Gasteiger partial charge in [-0.3, -0.25) is 0 Å². The van der Waals surface area contributed by atoms with Crippen LogP contribution in [0.5, 0.6) is 0 Å². The molecule has 5 nitrogen and oxygen atoms in total. The van der Waals surface area contributed by atoms with Crippen LogP contribution in [0.2, 0.25) is 0 Å². The van der Waals surface area contributed by atoms with Crippen LogP contribution in [-0.2, 0) is 10.2 Å². The normalized spacial score (nSPS) is 36.9. The molecule has 1 N–H and O–H groups in total. The minimum absolute atomic E-state index is 0.162. The average Bonchev–Trinajstić information content (AvgIpc) is 2.99. The summed E-state index contributed by atoms with van der Waals surface area (Å²) in [6.07, 6.45) is 7.56. The van der Waals surface area contributed by atoms with Gasteiger partial charge >= 0.3 is 0 Å². The summed E-state index contributed by atoms with van der Waals surface area (Å²) in [5, 5.41) is 3.44. The zero-order chi connectivity index (χ0) is 14.9. The minimum atomic E-state index is -3.27. The second kappa shape index (κ2) is 6.52. The van der Waals surface area contributed by atoms with Crippen LogP contribution >= 0.6 is 0 Å². The summed E-state index contributed by atoms with van der Waals surface area (Å²) in [5.41, 5.74) is 0. The van der Waals surface area contributed by atoms with Gasteiger partial charge in [0.15, 0.2) is 0 Å². The van der Waals surface area contributed by atoms with Crippen molar-refractivity contribution in [2.75, 3.05) is 26.2 Å². The first-order valence-corrected chi connectivity index (χ1v) is 10.00. The van der Waals surface area contributed by atoms with E-state index in [0.717, 1.165) is 45.2 Å². The molecule has 3 atom stereocenters. The molecule has 6 heteroatoms. The summed E-state index contributed by atoms with van der Waals surface area (Å²) in [7, 11) is -3.27. The number of nitrogens with zero attached hydrogens (tertiary/aromatic N) is 2. The molecule has 0 amide bonds. The van der Waals surface area contributed by atoms with E-state index < -0.39 is 10.2 Å². The Kier molecular flexibility index (Phi) is 4.88. The van der Waals surface area contributed by atoms with Crippen LogP contribution in [0.1, 0.15) is 51.9 Å². The summed E-state index contributed by atoms with van der Waals surface area (Å²) in [5.74, 6) is 0.496. The first kappa shape index (κ1) is 15.7. The van der Waals surface area contributed by atoms with E-state index in [1.54, 1.807) is 4.31 Å². The largest absolute Gasteiger partial charge is 0.316 e. The second-order valence-electron chi connectivity index (χ2n) is 6.89. The molecular weight excluding hydrogens is 286 g/mol. The molecule has 0 saturated carbocycles. The van der Waals surface area contributed by atoms with E-state index in [-0.39, 0.29) is 12.1 Å². The SMILES string of the molecule is CC1CCCCN1S(=O)(=O)N1CCCC1C1CCCNC1. The third-order valence-electron chi connectivity index (χ3n) is 5.46. The molecule has 3 aliphatic heterocycles. The van der Waals surface area contributed by atoms with Crippen molar-refractivity contribution in [1.29, 1.82) is 0 Å². The van der Waals surface area contributed by atoms with E-state index >= 15 is 0 Å². The Morgan fingerprint density at radius 2 is 1.76 bits per heavy atom. The summed E-state index contributed by atoms with van der Waals surface area (Å²) in [4.78, 5) is 0. The highest BCUT2D eigenvalue weighted by Gasteiger charge is 2.43. The van der Waals surface area contributed by atoms with Crippen LogP contribution < -0.4 is 5.32 Å². The first-order chi connectivity index (χ1) is 10.1. The Labute approximate surface area is 129 Å². The van der Waals surface area contributed by atoms with Crippen molar-refractivity contribution in [3.05, 3.63) is 0 Å². The molecule has 3 rings (SSSR count). The van der Waals surface area contributed by atoms with Crippen molar-refractivity contribution < 1.29 is 8.42 Å². The lowest BCUT2D eigenvalue weighted by Gasteiger charge is -2.39. The van der Waals surface area contributed by atoms with Crippen molar-refractivity contribution in [3.8, 4) is 0 Å². The summed E-state index contributed by atoms with van der Waals surface area (Å²) in [6, 6.07) is 0.381. The van der Waals surface area contributed by atoms with Gasteiger partial charge in [0.25, 0.3) is 10.2 Å². The Hall–Kier alpha value is -0.170. The molecule has 0 spiro atoms. The fourth-order valence-electron chi connectivity index (χ4n) is 4.28. The molecule has 0 aromatic rings. The monoisotopic (exact) mass is 315 g/mol. The second-order valence-corrected chi connectivity index (χ2v) is 8.72. The molecule has 3 fully saturated rings. The van der Waals surface area contributed by atoms with Gasteiger partial charge in [-0.25, -0.2) is 0 Å². The maximum Gasteiger partial charge on any atom is 0.282 e. The maximum atomic E-state index is 13.1. The van der Waals surface area contributed by atoms with Gasteiger partial charge in [0, 0.05) is 25.2 Å². The van der Waals surface area contributed by atoms with Gasteiger partial charge in [0.2, 0.25) is 0 Å². The van der Waals surface area contributed by atoms with Crippen LogP contribution in [-0.4, -0.2) is 55.3 Å². The number of hydrogen-bond acceptors (Lipinski definition) is 3. The van der Waals surface area contributed by atoms with Crippen molar-refractivity contribution in [2.24, 2.45) is 5.92 Å². The first-order valence-electron chi connectivity index (χ1n) is 8.60. The standard InChI is InChI=1S/C15H29N3O2S/c1-13-6-2-3-10-17(13)21(19,20)18-11-5-8-15(18)14-7-4-9-16-12-14/h13-16H,2-12H2,1H3. The number of rotatable bonds is 3. The van der Waals surface area contributed by atoms with Gasteiger partial charge in [0.1, 0.15) is 0 Å². The number of piperidine rings is 2. The Morgan fingerprint density at radius 1 is 0.952 bits per heavy atom. The molecule has 3 unspecified atom stereocenters. The highest BCUT2D eigenvalue weighted by Crippen LogP contribution is 2.33. The minimum Gasteiger partial charge on any atom is -0.316 e. The predicted octanol–water partition coefficient (Wildman–Crippen LogP) is 1.57. The number of hydrogen-bond donors (Lipinski definition) is 1. The van der Waals surface area contributed by atoms with Gasteiger partial charge < -0.3 is 5.32 Å². The molecule has 0 aromatic carbocycles. The van der Waals surface area contributed by atoms with Crippen LogP contribution in [0.4, 0.5) is 0 Å². The third-order valence-corrected chi connectivity index (χ3v) is 7.64. The quantitative estimate of drug-likeness (QED) is 0.860. The van der Waals surface area contributed by atoms with Gasteiger partial charge in [0.05, 0.1) is 0 Å². The topological polar surface area (TPSA) is 52.7 Å². The lowest BCUT2D eigenvalue weighted by Crippen LogP contribution is -2.53. The predicted molar refractivity (Wildman–Crippen MR) is 84.3 cm³/mol. The molecule has 21 heavy (non-hydrogen) atoms. The maximum absolute atomic E-state index is 13.1. The fourth-order valence-corrected chi connectivity index (χ4v) is 6.45. The van der Waals surface area contributed by atoms with E-state index in [1.165, 1.54) is 12.8 Å². The molecule has 0 radical (unpaired) electrons. The summed E-state index contributed by atoms with van der Waals surface area (Å²) in [6.45, 7) is 5.54.